The Bertz CT molecular complexity index is 374. The Morgan fingerprint density at radius 3 is 2.37 bits per heavy atom. The first kappa shape index (κ1) is 16.5. The number of likely N-dealkylation sites (N-methyl/N-ethyl adjacent to an activating group) is 1. The molecule has 0 heterocycles. The van der Waals surface area contributed by atoms with Crippen molar-refractivity contribution < 1.29 is 5.11 Å². The molecule has 3 heteroatoms. The highest BCUT2D eigenvalue weighted by Crippen LogP contribution is 2.19. The fraction of sp³-hybridized carbons (Fsp3) is 0.625. The molecule has 0 fully saturated rings. The van der Waals surface area contributed by atoms with Gasteiger partial charge in [0.05, 0.1) is 6.61 Å². The summed E-state index contributed by atoms with van der Waals surface area (Å²) in [7, 11) is 0. The van der Waals surface area contributed by atoms with Crippen molar-refractivity contribution in [2.24, 2.45) is 0 Å². The maximum atomic E-state index is 9.43. The number of nitrogens with one attached hydrogen (secondary N) is 1. The molecule has 0 aromatic heterocycles. The molecule has 0 bridgehead atoms. The molecule has 0 saturated heterocycles. The Labute approximate surface area is 122 Å². The monoisotopic (exact) mass is 281 g/mol. The normalized spacial score (nSPS) is 14.4. The summed E-state index contributed by atoms with van der Waals surface area (Å²) >= 11 is 1.94. The van der Waals surface area contributed by atoms with E-state index in [4.69, 9.17) is 0 Å². The molecule has 1 aromatic carbocycles. The Kier molecular flexibility index (Phi) is 6.90. The van der Waals surface area contributed by atoms with E-state index in [0.717, 1.165) is 24.5 Å². The first-order valence-electron chi connectivity index (χ1n) is 7.00. The molecule has 1 rings (SSSR count). The summed E-state index contributed by atoms with van der Waals surface area (Å²) in [5, 5.41) is 12.8. The van der Waals surface area contributed by atoms with E-state index in [2.05, 4.69) is 51.2 Å². The highest BCUT2D eigenvalue weighted by atomic mass is 32.2. The van der Waals surface area contributed by atoms with Crippen LogP contribution in [0.25, 0.3) is 0 Å². The Balaban J connectivity index is 2.38. The zero-order valence-corrected chi connectivity index (χ0v) is 13.4. The smallest absolute Gasteiger partial charge is 0.0610 e. The third kappa shape index (κ3) is 5.98. The molecule has 1 atom stereocenters. The maximum absolute atomic E-state index is 9.43. The molecule has 0 aliphatic rings. The SMILES string of the molecule is CCNC(C)(CO)CCSCc1cc(C)cc(C)c1. The fourth-order valence-corrected chi connectivity index (χ4v) is 3.43. The highest BCUT2D eigenvalue weighted by molar-refractivity contribution is 7.98. The molecule has 2 nitrogen and oxygen atoms in total. The lowest BCUT2D eigenvalue weighted by molar-refractivity contribution is 0.173. The molecule has 19 heavy (non-hydrogen) atoms. The van der Waals surface area contributed by atoms with Gasteiger partial charge in [0, 0.05) is 11.3 Å². The van der Waals surface area contributed by atoms with Gasteiger partial charge in [0.15, 0.2) is 0 Å². The molecule has 1 aromatic rings. The van der Waals surface area contributed by atoms with Gasteiger partial charge in [0.2, 0.25) is 0 Å². The largest absolute Gasteiger partial charge is 0.394 e. The van der Waals surface area contributed by atoms with Crippen molar-refractivity contribution in [3.63, 3.8) is 0 Å². The van der Waals surface area contributed by atoms with Crippen LogP contribution in [0.3, 0.4) is 0 Å². The summed E-state index contributed by atoms with van der Waals surface area (Å²) in [4.78, 5) is 0. The van der Waals surface area contributed by atoms with Crippen molar-refractivity contribution in [1.29, 1.82) is 0 Å². The van der Waals surface area contributed by atoms with Crippen LogP contribution in [0.1, 0.15) is 37.0 Å². The number of rotatable bonds is 8. The van der Waals surface area contributed by atoms with Gasteiger partial charge in [-0.2, -0.15) is 11.8 Å². The summed E-state index contributed by atoms with van der Waals surface area (Å²) in [5.74, 6) is 2.12. The first-order valence-corrected chi connectivity index (χ1v) is 8.15. The van der Waals surface area contributed by atoms with Crippen LogP contribution in [0, 0.1) is 13.8 Å². The van der Waals surface area contributed by atoms with Gasteiger partial charge in [-0.15, -0.1) is 0 Å². The van der Waals surface area contributed by atoms with E-state index in [9.17, 15) is 5.11 Å². The number of aliphatic hydroxyl groups excluding tert-OH is 1. The summed E-state index contributed by atoms with van der Waals surface area (Å²) in [6, 6.07) is 6.73. The second-order valence-electron chi connectivity index (χ2n) is 5.55. The van der Waals surface area contributed by atoms with Crippen molar-refractivity contribution in [2.45, 2.75) is 45.4 Å². The molecule has 0 aliphatic heterocycles. The second kappa shape index (κ2) is 7.93. The van der Waals surface area contributed by atoms with E-state index in [1.54, 1.807) is 0 Å². The van der Waals surface area contributed by atoms with Crippen LogP contribution in [-0.2, 0) is 5.75 Å². The van der Waals surface area contributed by atoms with Crippen LogP contribution >= 0.6 is 11.8 Å². The van der Waals surface area contributed by atoms with Crippen LogP contribution in [0.5, 0.6) is 0 Å². The zero-order valence-electron chi connectivity index (χ0n) is 12.6. The number of benzene rings is 1. The van der Waals surface area contributed by atoms with Crippen molar-refractivity contribution >= 4 is 11.8 Å². The van der Waals surface area contributed by atoms with E-state index in [-0.39, 0.29) is 12.1 Å². The van der Waals surface area contributed by atoms with Gasteiger partial charge < -0.3 is 10.4 Å². The predicted molar refractivity (Wildman–Crippen MR) is 85.9 cm³/mol. The van der Waals surface area contributed by atoms with E-state index in [0.29, 0.717) is 0 Å². The van der Waals surface area contributed by atoms with Crippen LogP contribution < -0.4 is 5.32 Å². The van der Waals surface area contributed by atoms with Gasteiger partial charge in [-0.1, -0.05) is 36.2 Å². The lowest BCUT2D eigenvalue weighted by Gasteiger charge is -2.28. The van der Waals surface area contributed by atoms with Crippen LogP contribution in [-0.4, -0.2) is 29.5 Å². The molecule has 2 N–H and O–H groups in total. The molecule has 0 amide bonds. The molecule has 0 radical (unpaired) electrons. The summed E-state index contributed by atoms with van der Waals surface area (Å²) < 4.78 is 0. The van der Waals surface area contributed by atoms with E-state index in [1.165, 1.54) is 16.7 Å². The average molecular weight is 281 g/mol. The van der Waals surface area contributed by atoms with Crippen molar-refractivity contribution in [1.82, 2.24) is 5.32 Å². The maximum Gasteiger partial charge on any atom is 0.0610 e. The molecule has 0 saturated carbocycles. The minimum Gasteiger partial charge on any atom is -0.394 e. The number of thioether (sulfide) groups is 1. The quantitative estimate of drug-likeness (QED) is 0.717. The van der Waals surface area contributed by atoms with Gasteiger partial charge in [0.25, 0.3) is 0 Å². The number of hydrogen-bond donors (Lipinski definition) is 2. The summed E-state index contributed by atoms with van der Waals surface area (Å²) in [6.07, 6.45) is 0.993. The van der Waals surface area contributed by atoms with Crippen LogP contribution in [0.15, 0.2) is 18.2 Å². The number of aliphatic hydroxyl groups is 1. The standard InChI is InChI=1S/C16H27NOS/c1-5-17-16(4,12-18)6-7-19-11-15-9-13(2)8-14(3)10-15/h8-10,17-18H,5-7,11-12H2,1-4H3. The highest BCUT2D eigenvalue weighted by Gasteiger charge is 2.20. The van der Waals surface area contributed by atoms with Gasteiger partial charge >= 0.3 is 0 Å². The predicted octanol–water partition coefficient (Wildman–Crippen LogP) is 3.29. The number of hydrogen-bond acceptors (Lipinski definition) is 3. The van der Waals surface area contributed by atoms with Gasteiger partial charge in [-0.25, -0.2) is 0 Å². The van der Waals surface area contributed by atoms with Crippen molar-refractivity contribution in [2.75, 3.05) is 18.9 Å². The van der Waals surface area contributed by atoms with Crippen LogP contribution in [0.2, 0.25) is 0 Å². The first-order chi connectivity index (χ1) is 8.99. The third-order valence-electron chi connectivity index (χ3n) is 3.30. The number of aryl methyl sites for hydroxylation is 2. The molecular weight excluding hydrogens is 254 g/mol. The molecule has 108 valence electrons. The van der Waals surface area contributed by atoms with E-state index < -0.39 is 0 Å². The minimum absolute atomic E-state index is 0.135. The lowest BCUT2D eigenvalue weighted by atomic mass is 10.0. The van der Waals surface area contributed by atoms with E-state index in [1.807, 2.05) is 11.8 Å². The average Bonchev–Trinajstić information content (AvgIpc) is 2.34. The molecular formula is C16H27NOS. The van der Waals surface area contributed by atoms with Gasteiger partial charge in [-0.3, -0.25) is 0 Å². The summed E-state index contributed by atoms with van der Waals surface area (Å²) in [6.45, 7) is 9.57. The Morgan fingerprint density at radius 1 is 1.21 bits per heavy atom. The van der Waals surface area contributed by atoms with Crippen molar-refractivity contribution in [3.05, 3.63) is 34.9 Å². The minimum atomic E-state index is -0.135. The summed E-state index contributed by atoms with van der Waals surface area (Å²) in [5.41, 5.74) is 3.94. The lowest BCUT2D eigenvalue weighted by Crippen LogP contribution is -2.46. The van der Waals surface area contributed by atoms with Crippen molar-refractivity contribution in [3.8, 4) is 0 Å². The van der Waals surface area contributed by atoms with E-state index >= 15 is 0 Å². The Hall–Kier alpha value is -0.510. The fourth-order valence-electron chi connectivity index (χ4n) is 2.29. The Morgan fingerprint density at radius 2 is 1.84 bits per heavy atom. The van der Waals surface area contributed by atoms with Gasteiger partial charge in [0.1, 0.15) is 0 Å². The topological polar surface area (TPSA) is 32.3 Å². The third-order valence-corrected chi connectivity index (χ3v) is 4.33. The van der Waals surface area contributed by atoms with Crippen LogP contribution in [0.4, 0.5) is 0 Å². The molecule has 0 spiro atoms. The van der Waals surface area contributed by atoms with Gasteiger partial charge in [-0.05, 0) is 45.1 Å². The second-order valence-corrected chi connectivity index (χ2v) is 6.65. The molecule has 0 aliphatic carbocycles. The zero-order chi connectivity index (χ0) is 14.3. The molecule has 1 unspecified atom stereocenters.